The van der Waals surface area contributed by atoms with Crippen molar-refractivity contribution in [2.45, 2.75) is 53.3 Å². The van der Waals surface area contributed by atoms with Crippen LogP contribution in [0.15, 0.2) is 23.8 Å². The third-order valence-electron chi connectivity index (χ3n) is 3.19. The topological polar surface area (TPSA) is 34.1 Å². The number of hydrogen-bond donors (Lipinski definition) is 1. The van der Waals surface area contributed by atoms with Crippen molar-refractivity contribution in [1.29, 1.82) is 0 Å². The fraction of sp³-hybridized carbons (Fsp3) is 0.471. The molecule has 0 amide bonds. The fourth-order valence-electron chi connectivity index (χ4n) is 2.19. The van der Waals surface area contributed by atoms with Crippen LogP contribution in [0.3, 0.4) is 0 Å². The van der Waals surface area contributed by atoms with Crippen LogP contribution in [-0.4, -0.2) is 10.5 Å². The molecule has 1 aromatic carbocycles. The molecule has 4 heteroatoms. The molecule has 1 N–H and O–H groups in total. The number of aromatic nitrogens is 1. The van der Waals surface area contributed by atoms with Gasteiger partial charge in [-0.1, -0.05) is 12.1 Å². The summed E-state index contributed by atoms with van der Waals surface area (Å²) in [6.45, 7) is 12.2. The Balaban J connectivity index is 2.06. The highest BCUT2D eigenvalue weighted by Crippen LogP contribution is 2.26. The van der Waals surface area contributed by atoms with E-state index in [4.69, 9.17) is 4.74 Å². The molecule has 0 aliphatic carbocycles. The summed E-state index contributed by atoms with van der Waals surface area (Å²) in [7, 11) is 0. The molecule has 21 heavy (non-hydrogen) atoms. The summed E-state index contributed by atoms with van der Waals surface area (Å²) in [5.41, 5.74) is 5.63. The number of thiazole rings is 1. The minimum atomic E-state index is 0.128. The molecule has 1 aromatic heterocycles. The Morgan fingerprint density at radius 1 is 1.19 bits per heavy atom. The Morgan fingerprint density at radius 2 is 1.86 bits per heavy atom. The van der Waals surface area contributed by atoms with Gasteiger partial charge in [0.2, 0.25) is 0 Å². The second kappa shape index (κ2) is 6.58. The summed E-state index contributed by atoms with van der Waals surface area (Å²) in [6.07, 6.45) is 1.86. The van der Waals surface area contributed by atoms with E-state index < -0.39 is 0 Å². The molecule has 114 valence electrons. The Morgan fingerprint density at radius 3 is 2.38 bits per heavy atom. The maximum absolute atomic E-state index is 5.96. The minimum Gasteiger partial charge on any atom is -0.487 e. The molecule has 0 aliphatic heterocycles. The third-order valence-corrected chi connectivity index (χ3v) is 3.94. The van der Waals surface area contributed by atoms with Crippen molar-refractivity contribution in [2.24, 2.45) is 0 Å². The highest BCUT2D eigenvalue weighted by molar-refractivity contribution is 7.09. The van der Waals surface area contributed by atoms with Gasteiger partial charge in [-0.2, -0.15) is 0 Å². The Kier molecular flexibility index (Phi) is 5.01. The summed E-state index contributed by atoms with van der Waals surface area (Å²) in [6, 6.07) is 4.40. The van der Waals surface area contributed by atoms with Crippen molar-refractivity contribution in [3.05, 3.63) is 45.4 Å². The van der Waals surface area contributed by atoms with E-state index in [-0.39, 0.29) is 5.54 Å². The SMILES string of the molecule is Cc1cc(CNC(C)(C)C)cc(C)c1OCc1cncs1. The Labute approximate surface area is 131 Å². The standard InChI is InChI=1S/C17H24N2OS/c1-12-6-14(8-19-17(3,4)5)7-13(2)16(12)20-10-15-9-18-11-21-15/h6-7,9,11,19H,8,10H2,1-5H3. The van der Waals surface area contributed by atoms with Gasteiger partial charge in [-0.3, -0.25) is 4.98 Å². The Bertz CT molecular complexity index is 562. The molecule has 2 aromatic rings. The van der Waals surface area contributed by atoms with Gasteiger partial charge in [0.25, 0.3) is 0 Å². The van der Waals surface area contributed by atoms with Crippen LogP contribution in [0.1, 0.15) is 42.3 Å². The first-order valence-electron chi connectivity index (χ1n) is 7.20. The maximum atomic E-state index is 5.96. The average molecular weight is 304 g/mol. The van der Waals surface area contributed by atoms with Gasteiger partial charge in [0.05, 0.1) is 10.4 Å². The van der Waals surface area contributed by atoms with Gasteiger partial charge in [0.15, 0.2) is 0 Å². The van der Waals surface area contributed by atoms with Crippen molar-refractivity contribution >= 4 is 11.3 Å². The van der Waals surface area contributed by atoms with Crippen molar-refractivity contribution in [2.75, 3.05) is 0 Å². The fourth-order valence-corrected chi connectivity index (χ4v) is 2.70. The first-order valence-corrected chi connectivity index (χ1v) is 8.08. The monoisotopic (exact) mass is 304 g/mol. The van der Waals surface area contributed by atoms with Crippen LogP contribution in [0.5, 0.6) is 5.75 Å². The van der Waals surface area contributed by atoms with E-state index in [0.29, 0.717) is 6.61 Å². The second-order valence-electron chi connectivity index (χ2n) is 6.42. The molecule has 0 atom stereocenters. The molecular formula is C17H24N2OS. The summed E-state index contributed by atoms with van der Waals surface area (Å²) < 4.78 is 5.96. The summed E-state index contributed by atoms with van der Waals surface area (Å²) in [5.74, 6) is 0.989. The molecule has 3 nitrogen and oxygen atoms in total. The van der Waals surface area contributed by atoms with E-state index in [2.05, 4.69) is 57.1 Å². The van der Waals surface area contributed by atoms with E-state index >= 15 is 0 Å². The molecule has 0 radical (unpaired) electrons. The smallest absolute Gasteiger partial charge is 0.125 e. The molecule has 0 spiro atoms. The molecule has 0 aliphatic rings. The van der Waals surface area contributed by atoms with E-state index in [0.717, 1.165) is 17.2 Å². The van der Waals surface area contributed by atoms with Gasteiger partial charge < -0.3 is 10.1 Å². The van der Waals surface area contributed by atoms with Gasteiger partial charge >= 0.3 is 0 Å². The zero-order valence-electron chi connectivity index (χ0n) is 13.5. The van der Waals surface area contributed by atoms with Crippen LogP contribution < -0.4 is 10.1 Å². The van der Waals surface area contributed by atoms with Crippen LogP contribution >= 0.6 is 11.3 Å². The van der Waals surface area contributed by atoms with Gasteiger partial charge in [-0.25, -0.2) is 0 Å². The van der Waals surface area contributed by atoms with Crippen LogP contribution in [-0.2, 0) is 13.2 Å². The first-order chi connectivity index (χ1) is 9.85. The van der Waals surface area contributed by atoms with Crippen molar-refractivity contribution in [1.82, 2.24) is 10.3 Å². The quantitative estimate of drug-likeness (QED) is 0.897. The van der Waals surface area contributed by atoms with Crippen LogP contribution in [0.2, 0.25) is 0 Å². The van der Waals surface area contributed by atoms with Crippen LogP contribution in [0.25, 0.3) is 0 Å². The summed E-state index contributed by atoms with van der Waals surface area (Å²) >= 11 is 1.62. The molecule has 2 rings (SSSR count). The highest BCUT2D eigenvalue weighted by Gasteiger charge is 2.11. The predicted molar refractivity (Wildman–Crippen MR) is 89.0 cm³/mol. The van der Waals surface area contributed by atoms with E-state index in [1.165, 1.54) is 16.7 Å². The molecule has 0 saturated carbocycles. The predicted octanol–water partition coefficient (Wildman–Crippen LogP) is 4.23. The molecule has 0 unspecified atom stereocenters. The lowest BCUT2D eigenvalue weighted by Gasteiger charge is -2.21. The lowest BCUT2D eigenvalue weighted by atomic mass is 10.0. The molecule has 0 bridgehead atoms. The molecule has 0 fully saturated rings. The highest BCUT2D eigenvalue weighted by atomic mass is 32.1. The number of ether oxygens (including phenoxy) is 1. The number of hydrogen-bond acceptors (Lipinski definition) is 4. The third kappa shape index (κ3) is 4.83. The zero-order chi connectivity index (χ0) is 15.5. The summed E-state index contributed by atoms with van der Waals surface area (Å²) in [5, 5.41) is 3.52. The van der Waals surface area contributed by atoms with Crippen molar-refractivity contribution < 1.29 is 4.74 Å². The lowest BCUT2D eigenvalue weighted by molar-refractivity contribution is 0.305. The van der Waals surface area contributed by atoms with Crippen LogP contribution in [0, 0.1) is 13.8 Å². The van der Waals surface area contributed by atoms with E-state index in [1.54, 1.807) is 11.3 Å². The lowest BCUT2D eigenvalue weighted by Crippen LogP contribution is -2.35. The zero-order valence-corrected chi connectivity index (χ0v) is 14.3. The number of rotatable bonds is 5. The van der Waals surface area contributed by atoms with E-state index in [9.17, 15) is 0 Å². The number of nitrogens with zero attached hydrogens (tertiary/aromatic N) is 1. The maximum Gasteiger partial charge on any atom is 0.125 e. The largest absolute Gasteiger partial charge is 0.487 e. The number of benzene rings is 1. The van der Waals surface area contributed by atoms with Gasteiger partial charge in [0.1, 0.15) is 12.4 Å². The number of nitrogens with one attached hydrogen (secondary N) is 1. The van der Waals surface area contributed by atoms with Gasteiger partial charge in [-0.05, 0) is 51.3 Å². The molecular weight excluding hydrogens is 280 g/mol. The number of aryl methyl sites for hydroxylation is 2. The van der Waals surface area contributed by atoms with E-state index in [1.807, 2.05) is 11.7 Å². The van der Waals surface area contributed by atoms with Crippen molar-refractivity contribution in [3.63, 3.8) is 0 Å². The van der Waals surface area contributed by atoms with Gasteiger partial charge in [-0.15, -0.1) is 11.3 Å². The second-order valence-corrected chi connectivity index (χ2v) is 7.39. The van der Waals surface area contributed by atoms with Crippen molar-refractivity contribution in [3.8, 4) is 5.75 Å². The first kappa shape index (κ1) is 16.0. The Hall–Kier alpha value is -1.39. The minimum absolute atomic E-state index is 0.128. The summed E-state index contributed by atoms with van der Waals surface area (Å²) in [4.78, 5) is 5.22. The average Bonchev–Trinajstić information content (AvgIpc) is 2.87. The normalized spacial score (nSPS) is 11.7. The molecule has 0 saturated heterocycles. The van der Waals surface area contributed by atoms with Crippen LogP contribution in [0.4, 0.5) is 0 Å². The molecule has 1 heterocycles. The van der Waals surface area contributed by atoms with Gasteiger partial charge in [0, 0.05) is 18.3 Å².